The lowest BCUT2D eigenvalue weighted by Crippen LogP contribution is -1.85. The van der Waals surface area contributed by atoms with Gasteiger partial charge in [-0.2, -0.15) is 5.10 Å². The minimum Gasteiger partial charge on any atom is -0.455 e. The summed E-state index contributed by atoms with van der Waals surface area (Å²) in [5.74, 6) is 1.22. The second-order valence-electron chi connectivity index (χ2n) is 3.91. The van der Waals surface area contributed by atoms with Crippen LogP contribution in [0, 0.1) is 0 Å². The number of benzene rings is 1. The first kappa shape index (κ1) is 12.9. The SMILES string of the molecule is Clc1ccc(Cl)c(-c2ccc(/C=N\n3cnnc3)o2)c1. The van der Waals surface area contributed by atoms with Crippen molar-refractivity contribution >= 4 is 29.4 Å². The van der Waals surface area contributed by atoms with Crippen LogP contribution in [0.3, 0.4) is 0 Å². The summed E-state index contributed by atoms with van der Waals surface area (Å²) in [6.07, 6.45) is 4.52. The Bertz CT molecular complexity index is 750. The van der Waals surface area contributed by atoms with Crippen LogP contribution in [0.15, 0.2) is 52.5 Å². The Kier molecular flexibility index (Phi) is 3.54. The molecule has 0 amide bonds. The zero-order valence-corrected chi connectivity index (χ0v) is 11.6. The first-order valence-electron chi connectivity index (χ1n) is 5.66. The average molecular weight is 307 g/mol. The lowest BCUT2D eigenvalue weighted by atomic mass is 10.2. The molecule has 2 heterocycles. The van der Waals surface area contributed by atoms with E-state index in [4.69, 9.17) is 27.6 Å². The van der Waals surface area contributed by atoms with Crippen LogP contribution in [0.4, 0.5) is 0 Å². The molecule has 0 spiro atoms. The second-order valence-corrected chi connectivity index (χ2v) is 4.76. The molecule has 1 aromatic carbocycles. The number of nitrogens with zero attached hydrogens (tertiary/aromatic N) is 4. The summed E-state index contributed by atoms with van der Waals surface area (Å²) in [7, 11) is 0. The van der Waals surface area contributed by atoms with E-state index in [0.717, 1.165) is 5.56 Å². The summed E-state index contributed by atoms with van der Waals surface area (Å²) in [4.78, 5) is 0. The number of hydrogen-bond donors (Lipinski definition) is 0. The summed E-state index contributed by atoms with van der Waals surface area (Å²) in [5, 5.41) is 12.6. The van der Waals surface area contributed by atoms with Gasteiger partial charge in [-0.1, -0.05) is 23.2 Å². The maximum absolute atomic E-state index is 6.13. The van der Waals surface area contributed by atoms with Gasteiger partial charge in [0.05, 0.1) is 11.2 Å². The molecule has 0 saturated carbocycles. The van der Waals surface area contributed by atoms with Gasteiger partial charge in [0.2, 0.25) is 0 Å². The topological polar surface area (TPSA) is 56.2 Å². The summed E-state index contributed by atoms with van der Waals surface area (Å²) < 4.78 is 7.12. The van der Waals surface area contributed by atoms with Crippen molar-refractivity contribution in [3.05, 3.63) is 58.8 Å². The first-order valence-corrected chi connectivity index (χ1v) is 6.42. The standard InChI is InChI=1S/C13H8Cl2N4O/c14-9-1-3-12(15)11(5-9)13-4-2-10(20-13)6-18-19-7-16-17-8-19/h1-8H/b18-6-. The summed E-state index contributed by atoms with van der Waals surface area (Å²) in [5.41, 5.74) is 0.739. The molecule has 0 bridgehead atoms. The fraction of sp³-hybridized carbons (Fsp3) is 0. The molecular formula is C13H8Cl2N4O. The van der Waals surface area contributed by atoms with E-state index >= 15 is 0 Å². The normalized spacial score (nSPS) is 11.3. The Balaban J connectivity index is 1.88. The largest absolute Gasteiger partial charge is 0.455 e. The van der Waals surface area contributed by atoms with Crippen LogP contribution in [0.1, 0.15) is 5.76 Å². The van der Waals surface area contributed by atoms with Crippen molar-refractivity contribution < 1.29 is 4.42 Å². The Hall–Kier alpha value is -2.11. The number of rotatable bonds is 3. The van der Waals surface area contributed by atoms with E-state index in [9.17, 15) is 0 Å². The summed E-state index contributed by atoms with van der Waals surface area (Å²) in [6, 6.07) is 8.81. The molecule has 20 heavy (non-hydrogen) atoms. The van der Waals surface area contributed by atoms with Gasteiger partial charge in [0.15, 0.2) is 0 Å². The molecule has 0 aliphatic carbocycles. The van der Waals surface area contributed by atoms with Crippen molar-refractivity contribution in [2.75, 3.05) is 0 Å². The lowest BCUT2D eigenvalue weighted by Gasteiger charge is -2.00. The predicted molar refractivity (Wildman–Crippen MR) is 77.2 cm³/mol. The van der Waals surface area contributed by atoms with Crippen LogP contribution in [-0.4, -0.2) is 21.1 Å². The van der Waals surface area contributed by atoms with Crippen LogP contribution >= 0.6 is 23.2 Å². The number of halogens is 2. The van der Waals surface area contributed by atoms with Crippen molar-refractivity contribution in [1.29, 1.82) is 0 Å². The van der Waals surface area contributed by atoms with Crippen molar-refractivity contribution in [2.45, 2.75) is 0 Å². The highest BCUT2D eigenvalue weighted by molar-refractivity contribution is 6.35. The lowest BCUT2D eigenvalue weighted by molar-refractivity contribution is 0.574. The van der Waals surface area contributed by atoms with Crippen molar-refractivity contribution in [2.24, 2.45) is 5.10 Å². The Morgan fingerprint density at radius 3 is 2.70 bits per heavy atom. The molecule has 0 atom stereocenters. The third-order valence-electron chi connectivity index (χ3n) is 2.55. The van der Waals surface area contributed by atoms with Crippen LogP contribution in [-0.2, 0) is 0 Å². The fourth-order valence-electron chi connectivity index (χ4n) is 1.63. The number of furan rings is 1. The summed E-state index contributed by atoms with van der Waals surface area (Å²) in [6.45, 7) is 0. The van der Waals surface area contributed by atoms with Crippen molar-refractivity contribution in [3.8, 4) is 11.3 Å². The molecule has 0 N–H and O–H groups in total. The van der Waals surface area contributed by atoms with Crippen molar-refractivity contribution in [3.63, 3.8) is 0 Å². The van der Waals surface area contributed by atoms with Gasteiger partial charge in [0.1, 0.15) is 24.2 Å². The van der Waals surface area contributed by atoms with Crippen LogP contribution in [0.25, 0.3) is 11.3 Å². The Morgan fingerprint density at radius 1 is 1.10 bits per heavy atom. The number of aromatic nitrogens is 3. The van der Waals surface area contributed by atoms with Gasteiger partial charge >= 0.3 is 0 Å². The maximum Gasteiger partial charge on any atom is 0.147 e. The molecule has 0 saturated heterocycles. The van der Waals surface area contributed by atoms with E-state index < -0.39 is 0 Å². The summed E-state index contributed by atoms with van der Waals surface area (Å²) >= 11 is 12.1. The van der Waals surface area contributed by atoms with Gasteiger partial charge in [0, 0.05) is 10.6 Å². The third-order valence-corrected chi connectivity index (χ3v) is 3.11. The molecule has 100 valence electrons. The van der Waals surface area contributed by atoms with Gasteiger partial charge in [-0.05, 0) is 30.3 Å². The number of hydrogen-bond acceptors (Lipinski definition) is 4. The third kappa shape index (κ3) is 2.74. The fourth-order valence-corrected chi connectivity index (χ4v) is 2.01. The highest BCUT2D eigenvalue weighted by Gasteiger charge is 2.08. The monoisotopic (exact) mass is 306 g/mol. The predicted octanol–water partition coefficient (Wildman–Crippen LogP) is 3.73. The second kappa shape index (κ2) is 5.48. The van der Waals surface area contributed by atoms with E-state index in [1.165, 1.54) is 17.3 Å². The molecule has 2 aromatic heterocycles. The smallest absolute Gasteiger partial charge is 0.147 e. The van der Waals surface area contributed by atoms with Gasteiger partial charge in [-0.3, -0.25) is 0 Å². The first-order chi connectivity index (χ1) is 9.72. The Morgan fingerprint density at radius 2 is 1.90 bits per heavy atom. The molecule has 0 radical (unpaired) electrons. The minimum atomic E-state index is 0.575. The molecule has 0 fully saturated rings. The zero-order valence-electron chi connectivity index (χ0n) is 10.1. The van der Waals surface area contributed by atoms with Gasteiger partial charge in [-0.25, -0.2) is 4.68 Å². The highest BCUT2D eigenvalue weighted by Crippen LogP contribution is 2.31. The molecule has 0 unspecified atom stereocenters. The molecule has 7 heteroatoms. The zero-order chi connectivity index (χ0) is 13.9. The van der Waals surface area contributed by atoms with E-state index in [0.29, 0.717) is 21.6 Å². The molecule has 3 aromatic rings. The quantitative estimate of drug-likeness (QED) is 0.693. The van der Waals surface area contributed by atoms with Crippen LogP contribution in [0.2, 0.25) is 10.0 Å². The van der Waals surface area contributed by atoms with Crippen LogP contribution in [0.5, 0.6) is 0 Å². The molecule has 0 aliphatic rings. The van der Waals surface area contributed by atoms with Gasteiger partial charge in [-0.15, -0.1) is 10.2 Å². The minimum absolute atomic E-state index is 0.575. The van der Waals surface area contributed by atoms with E-state index in [1.54, 1.807) is 30.5 Å². The van der Waals surface area contributed by atoms with E-state index in [-0.39, 0.29) is 0 Å². The van der Waals surface area contributed by atoms with Gasteiger partial charge in [0.25, 0.3) is 0 Å². The molecule has 3 rings (SSSR count). The highest BCUT2D eigenvalue weighted by atomic mass is 35.5. The maximum atomic E-state index is 6.13. The van der Waals surface area contributed by atoms with Crippen LogP contribution < -0.4 is 0 Å². The van der Waals surface area contributed by atoms with E-state index in [2.05, 4.69) is 15.3 Å². The molecule has 0 aliphatic heterocycles. The Labute approximate surface area is 124 Å². The van der Waals surface area contributed by atoms with E-state index in [1.807, 2.05) is 6.07 Å². The average Bonchev–Trinajstić information content (AvgIpc) is 3.10. The molecule has 5 nitrogen and oxygen atoms in total. The van der Waals surface area contributed by atoms with Gasteiger partial charge < -0.3 is 4.42 Å². The molecular weight excluding hydrogens is 299 g/mol. The van der Waals surface area contributed by atoms with Crippen molar-refractivity contribution in [1.82, 2.24) is 14.9 Å².